The molecule has 0 unspecified atom stereocenters. The van der Waals surface area contributed by atoms with Gasteiger partial charge in [0.15, 0.2) is 5.13 Å². The van der Waals surface area contributed by atoms with Gasteiger partial charge in [0.2, 0.25) is 0 Å². The van der Waals surface area contributed by atoms with E-state index in [0.717, 1.165) is 15.8 Å². The first kappa shape index (κ1) is 7.68. The lowest BCUT2D eigenvalue weighted by molar-refractivity contribution is 1.21. The fraction of sp³-hybridized carbons (Fsp3) is 0.400. The van der Waals surface area contributed by atoms with Crippen LogP contribution in [-0.2, 0) is 0 Å². The highest BCUT2D eigenvalue weighted by atomic mass is 32.2. The average Bonchev–Trinajstić information content (AvgIpc) is 2.13. The summed E-state index contributed by atoms with van der Waals surface area (Å²) < 4.78 is 0. The molecule has 0 radical (unpaired) electrons. The lowest BCUT2D eigenvalue weighted by Gasteiger charge is -1.90. The zero-order valence-electron chi connectivity index (χ0n) is 5.63. The molecule has 4 N–H and O–H groups in total. The predicted octanol–water partition coefficient (Wildman–Crippen LogP) is 1.42. The van der Waals surface area contributed by atoms with Crippen molar-refractivity contribution in [2.75, 3.05) is 17.2 Å². The smallest absolute Gasteiger partial charge is 0.183 e. The molecule has 3 nitrogen and oxygen atoms in total. The van der Waals surface area contributed by atoms with Crippen molar-refractivity contribution >= 4 is 33.2 Å². The Balaban J connectivity index is 2.81. The first-order valence-corrected chi connectivity index (χ1v) is 4.68. The van der Waals surface area contributed by atoms with E-state index in [1.54, 1.807) is 11.8 Å². The number of nitrogens with zero attached hydrogens (tertiary/aromatic N) is 1. The van der Waals surface area contributed by atoms with E-state index in [0.29, 0.717) is 5.13 Å². The van der Waals surface area contributed by atoms with Crippen LogP contribution in [-0.4, -0.2) is 10.7 Å². The normalized spacial score (nSPS) is 10.1. The first-order chi connectivity index (χ1) is 4.74. The molecule has 0 saturated carbocycles. The van der Waals surface area contributed by atoms with Crippen LogP contribution < -0.4 is 11.5 Å². The molecule has 0 aliphatic carbocycles. The van der Waals surface area contributed by atoms with Gasteiger partial charge in [-0.1, -0.05) is 18.3 Å². The second-order valence-corrected chi connectivity index (χ2v) is 3.97. The number of nitrogen functional groups attached to an aromatic ring is 2. The van der Waals surface area contributed by atoms with Gasteiger partial charge in [-0.2, -0.15) is 0 Å². The summed E-state index contributed by atoms with van der Waals surface area (Å²) in [6.45, 7) is 2.06. The van der Waals surface area contributed by atoms with Gasteiger partial charge in [0.1, 0.15) is 10.0 Å². The highest BCUT2D eigenvalue weighted by Crippen LogP contribution is 2.30. The molecule has 56 valence electrons. The number of thioether (sulfide) groups is 1. The van der Waals surface area contributed by atoms with E-state index in [1.807, 2.05) is 0 Å². The minimum atomic E-state index is 0.549. The lowest BCUT2D eigenvalue weighted by atomic mass is 10.9. The molecule has 0 fully saturated rings. The zero-order valence-corrected chi connectivity index (χ0v) is 7.26. The van der Waals surface area contributed by atoms with Crippen LogP contribution in [0.4, 0.5) is 10.1 Å². The number of thiazole rings is 1. The standard InChI is InChI=1S/C5H9N3S2/c1-2-9-4-3(6)10-5(7)8-4/h2,6H2,1H3,(H2,7,8). The summed E-state index contributed by atoms with van der Waals surface area (Å²) in [7, 11) is 0. The average molecular weight is 175 g/mol. The van der Waals surface area contributed by atoms with Gasteiger partial charge in [-0.3, -0.25) is 0 Å². The Morgan fingerprint density at radius 3 is 2.70 bits per heavy atom. The summed E-state index contributed by atoms with van der Waals surface area (Å²) in [6, 6.07) is 0. The topological polar surface area (TPSA) is 64.9 Å². The van der Waals surface area contributed by atoms with Crippen LogP contribution in [0.2, 0.25) is 0 Å². The number of anilines is 2. The molecule has 5 heteroatoms. The zero-order chi connectivity index (χ0) is 7.56. The van der Waals surface area contributed by atoms with Crippen LogP contribution >= 0.6 is 23.1 Å². The molecule has 1 aromatic rings. The SMILES string of the molecule is CCSc1nc(N)sc1N. The molecule has 10 heavy (non-hydrogen) atoms. The van der Waals surface area contributed by atoms with Crippen LogP contribution in [0.15, 0.2) is 5.03 Å². The second kappa shape index (κ2) is 3.12. The van der Waals surface area contributed by atoms with Gasteiger partial charge in [0.05, 0.1) is 0 Å². The monoisotopic (exact) mass is 175 g/mol. The van der Waals surface area contributed by atoms with Crippen LogP contribution in [0.5, 0.6) is 0 Å². The highest BCUT2D eigenvalue weighted by molar-refractivity contribution is 7.99. The summed E-state index contributed by atoms with van der Waals surface area (Å²) >= 11 is 2.95. The van der Waals surface area contributed by atoms with Crippen LogP contribution in [0, 0.1) is 0 Å². The van der Waals surface area contributed by atoms with Crippen LogP contribution in [0.3, 0.4) is 0 Å². The second-order valence-electron chi connectivity index (χ2n) is 1.65. The highest BCUT2D eigenvalue weighted by Gasteiger charge is 2.04. The van der Waals surface area contributed by atoms with E-state index < -0.39 is 0 Å². The Labute approximate surface area is 67.8 Å². The molecular weight excluding hydrogens is 166 g/mol. The molecule has 0 aromatic carbocycles. The Morgan fingerprint density at radius 1 is 1.60 bits per heavy atom. The Hall–Kier alpha value is -0.420. The minimum absolute atomic E-state index is 0.549. The number of hydrogen-bond donors (Lipinski definition) is 2. The molecule has 0 bridgehead atoms. The third-order valence-electron chi connectivity index (χ3n) is 0.918. The maximum absolute atomic E-state index is 5.58. The van der Waals surface area contributed by atoms with Crippen LogP contribution in [0.1, 0.15) is 6.92 Å². The number of hydrogen-bond acceptors (Lipinski definition) is 5. The number of aromatic nitrogens is 1. The molecule has 0 aliphatic heterocycles. The molecule has 1 aromatic heterocycles. The Morgan fingerprint density at radius 2 is 2.30 bits per heavy atom. The third-order valence-corrected chi connectivity index (χ3v) is 2.63. The van der Waals surface area contributed by atoms with Crippen molar-refractivity contribution in [1.29, 1.82) is 0 Å². The lowest BCUT2D eigenvalue weighted by Crippen LogP contribution is -1.83. The van der Waals surface area contributed by atoms with Gasteiger partial charge in [-0.15, -0.1) is 11.8 Å². The molecule has 0 saturated heterocycles. The van der Waals surface area contributed by atoms with Crippen LogP contribution in [0.25, 0.3) is 0 Å². The van der Waals surface area contributed by atoms with Gasteiger partial charge in [-0.25, -0.2) is 4.98 Å². The minimum Gasteiger partial charge on any atom is -0.388 e. The van der Waals surface area contributed by atoms with E-state index in [9.17, 15) is 0 Å². The van der Waals surface area contributed by atoms with E-state index in [4.69, 9.17) is 11.5 Å². The summed E-state index contributed by atoms with van der Waals surface area (Å²) in [5.74, 6) is 0.980. The quantitative estimate of drug-likeness (QED) is 0.667. The summed E-state index contributed by atoms with van der Waals surface area (Å²) in [5.41, 5.74) is 11.0. The fourth-order valence-electron chi connectivity index (χ4n) is 0.574. The van der Waals surface area contributed by atoms with Gasteiger partial charge >= 0.3 is 0 Å². The molecule has 0 spiro atoms. The predicted molar refractivity (Wildman–Crippen MR) is 47.3 cm³/mol. The van der Waals surface area contributed by atoms with Crippen molar-refractivity contribution in [2.45, 2.75) is 11.9 Å². The maximum atomic E-state index is 5.58. The summed E-state index contributed by atoms with van der Waals surface area (Å²) in [5, 5.41) is 2.14. The van der Waals surface area contributed by atoms with Gasteiger partial charge < -0.3 is 11.5 Å². The first-order valence-electron chi connectivity index (χ1n) is 2.88. The number of rotatable bonds is 2. The maximum Gasteiger partial charge on any atom is 0.183 e. The van der Waals surface area contributed by atoms with Gasteiger partial charge in [-0.05, 0) is 5.75 Å². The van der Waals surface area contributed by atoms with Crippen molar-refractivity contribution < 1.29 is 0 Å². The molecule has 0 amide bonds. The molecular formula is C5H9N3S2. The Bertz CT molecular complexity index is 221. The summed E-state index contributed by atoms with van der Waals surface area (Å²) in [4.78, 5) is 4.03. The van der Waals surface area contributed by atoms with Gasteiger partial charge in [0.25, 0.3) is 0 Å². The van der Waals surface area contributed by atoms with Crippen molar-refractivity contribution in [3.63, 3.8) is 0 Å². The van der Waals surface area contributed by atoms with E-state index in [2.05, 4.69) is 11.9 Å². The number of nitrogens with two attached hydrogens (primary N) is 2. The van der Waals surface area contributed by atoms with Crippen molar-refractivity contribution in [3.8, 4) is 0 Å². The molecule has 1 rings (SSSR count). The van der Waals surface area contributed by atoms with Crippen molar-refractivity contribution in [2.24, 2.45) is 0 Å². The van der Waals surface area contributed by atoms with Crippen molar-refractivity contribution in [3.05, 3.63) is 0 Å². The van der Waals surface area contributed by atoms with Gasteiger partial charge in [0, 0.05) is 0 Å². The molecule has 0 aliphatic rings. The third kappa shape index (κ3) is 1.54. The van der Waals surface area contributed by atoms with E-state index in [1.165, 1.54) is 11.3 Å². The van der Waals surface area contributed by atoms with Crippen molar-refractivity contribution in [1.82, 2.24) is 4.98 Å². The van der Waals surface area contributed by atoms with E-state index in [-0.39, 0.29) is 0 Å². The van der Waals surface area contributed by atoms with E-state index >= 15 is 0 Å². The Kier molecular flexibility index (Phi) is 2.39. The molecule has 0 atom stereocenters. The fourth-order valence-corrected chi connectivity index (χ4v) is 2.01. The molecule has 1 heterocycles. The largest absolute Gasteiger partial charge is 0.388 e. The summed E-state index contributed by atoms with van der Waals surface area (Å²) in [6.07, 6.45) is 0.